The number of aliphatic hydroxyl groups is 1. The van der Waals surface area contributed by atoms with Crippen molar-refractivity contribution in [2.24, 2.45) is 5.92 Å². The van der Waals surface area contributed by atoms with Crippen LogP contribution in [0.25, 0.3) is 0 Å². The van der Waals surface area contributed by atoms with E-state index in [0.29, 0.717) is 17.9 Å². The Hall–Kier alpha value is -0.720. The molecule has 1 rings (SSSR count). The van der Waals surface area contributed by atoms with Gasteiger partial charge in [-0.3, -0.25) is 0 Å². The van der Waals surface area contributed by atoms with Crippen molar-refractivity contribution in [1.29, 1.82) is 0 Å². The SMILES string of the molecule is CC(CO)CSc1ccc(CNC(C)C)cc1C(F)(F)F. The maximum atomic E-state index is 13.2. The number of halogens is 3. The van der Waals surface area contributed by atoms with E-state index in [9.17, 15) is 13.2 Å². The smallest absolute Gasteiger partial charge is 0.396 e. The first-order valence-corrected chi connectivity index (χ1v) is 7.89. The fourth-order valence-corrected chi connectivity index (χ4v) is 2.71. The van der Waals surface area contributed by atoms with Crippen molar-refractivity contribution >= 4 is 11.8 Å². The number of thioether (sulfide) groups is 1. The summed E-state index contributed by atoms with van der Waals surface area (Å²) in [6.45, 7) is 6.10. The molecule has 0 bridgehead atoms. The molecule has 1 unspecified atom stereocenters. The highest BCUT2D eigenvalue weighted by Crippen LogP contribution is 2.37. The van der Waals surface area contributed by atoms with Gasteiger partial charge in [-0.05, 0) is 23.6 Å². The molecule has 2 nitrogen and oxygen atoms in total. The summed E-state index contributed by atoms with van der Waals surface area (Å²) in [5.41, 5.74) is 0.0243. The van der Waals surface area contributed by atoms with Crippen LogP contribution in [-0.4, -0.2) is 23.5 Å². The van der Waals surface area contributed by atoms with Crippen molar-refractivity contribution in [2.75, 3.05) is 12.4 Å². The lowest BCUT2D eigenvalue weighted by Gasteiger charge is -2.16. The highest BCUT2D eigenvalue weighted by molar-refractivity contribution is 7.99. The van der Waals surface area contributed by atoms with Gasteiger partial charge in [0.05, 0.1) is 5.56 Å². The van der Waals surface area contributed by atoms with E-state index in [1.54, 1.807) is 13.0 Å². The minimum Gasteiger partial charge on any atom is -0.396 e. The van der Waals surface area contributed by atoms with E-state index in [1.807, 2.05) is 13.8 Å². The number of benzene rings is 1. The molecule has 0 fully saturated rings. The molecule has 0 aliphatic carbocycles. The standard InChI is InChI=1S/C15H22F3NOS/c1-10(2)19-7-12-4-5-14(21-9-11(3)8-20)13(6-12)15(16,17)18/h4-6,10-11,19-20H,7-9H2,1-3H3. The summed E-state index contributed by atoms with van der Waals surface area (Å²) in [5.74, 6) is 0.432. The third-order valence-corrected chi connectivity index (χ3v) is 4.30. The van der Waals surface area contributed by atoms with Gasteiger partial charge in [0.2, 0.25) is 0 Å². The second-order valence-electron chi connectivity index (χ2n) is 5.46. The minimum atomic E-state index is -4.36. The van der Waals surface area contributed by atoms with Gasteiger partial charge in [-0.25, -0.2) is 0 Å². The average Bonchev–Trinajstić information content (AvgIpc) is 2.41. The molecule has 0 spiro atoms. The van der Waals surface area contributed by atoms with Gasteiger partial charge in [-0.1, -0.05) is 26.8 Å². The highest BCUT2D eigenvalue weighted by atomic mass is 32.2. The van der Waals surface area contributed by atoms with Crippen molar-refractivity contribution in [3.8, 4) is 0 Å². The number of aliphatic hydroxyl groups excluding tert-OH is 1. The van der Waals surface area contributed by atoms with Gasteiger partial charge in [0.25, 0.3) is 0 Å². The molecular weight excluding hydrogens is 299 g/mol. The van der Waals surface area contributed by atoms with Crippen LogP contribution in [0.1, 0.15) is 31.9 Å². The first-order valence-electron chi connectivity index (χ1n) is 6.91. The van der Waals surface area contributed by atoms with E-state index in [1.165, 1.54) is 12.1 Å². The Bertz CT molecular complexity index is 449. The molecule has 0 aliphatic heterocycles. The van der Waals surface area contributed by atoms with Gasteiger partial charge in [-0.2, -0.15) is 13.2 Å². The molecule has 0 heterocycles. The summed E-state index contributed by atoms with van der Waals surface area (Å²) in [7, 11) is 0. The molecule has 21 heavy (non-hydrogen) atoms. The topological polar surface area (TPSA) is 32.3 Å². The maximum Gasteiger partial charge on any atom is 0.417 e. The lowest BCUT2D eigenvalue weighted by molar-refractivity contribution is -0.139. The third kappa shape index (κ3) is 6.28. The molecule has 2 N–H and O–H groups in total. The summed E-state index contributed by atoms with van der Waals surface area (Å²) in [5, 5.41) is 12.1. The zero-order valence-corrected chi connectivity index (χ0v) is 13.3. The van der Waals surface area contributed by atoms with Crippen molar-refractivity contribution < 1.29 is 18.3 Å². The van der Waals surface area contributed by atoms with Crippen LogP contribution in [0.2, 0.25) is 0 Å². The van der Waals surface area contributed by atoms with Crippen LogP contribution in [0.4, 0.5) is 13.2 Å². The number of hydrogen-bond donors (Lipinski definition) is 2. The van der Waals surface area contributed by atoms with E-state index in [-0.39, 0.29) is 23.5 Å². The molecule has 0 saturated carbocycles. The maximum absolute atomic E-state index is 13.2. The van der Waals surface area contributed by atoms with Crippen LogP contribution in [0.15, 0.2) is 23.1 Å². The van der Waals surface area contributed by atoms with Gasteiger partial charge < -0.3 is 10.4 Å². The minimum absolute atomic E-state index is 0.0231. The van der Waals surface area contributed by atoms with Gasteiger partial charge in [0.1, 0.15) is 0 Å². The molecule has 0 radical (unpaired) electrons. The highest BCUT2D eigenvalue weighted by Gasteiger charge is 2.33. The molecule has 0 saturated heterocycles. The lowest BCUT2D eigenvalue weighted by atomic mass is 10.1. The van der Waals surface area contributed by atoms with Gasteiger partial charge in [0, 0.05) is 29.8 Å². The largest absolute Gasteiger partial charge is 0.417 e. The molecule has 0 aliphatic rings. The quantitative estimate of drug-likeness (QED) is 0.747. The van der Waals surface area contributed by atoms with Crippen LogP contribution in [0, 0.1) is 5.92 Å². The van der Waals surface area contributed by atoms with Crippen molar-refractivity contribution in [2.45, 2.75) is 44.4 Å². The number of nitrogens with one attached hydrogen (secondary N) is 1. The van der Waals surface area contributed by atoms with Gasteiger partial charge in [-0.15, -0.1) is 11.8 Å². The molecule has 6 heteroatoms. The molecule has 1 atom stereocenters. The summed E-state index contributed by atoms with van der Waals surface area (Å²) in [6, 6.07) is 4.67. The summed E-state index contributed by atoms with van der Waals surface area (Å²) in [4.78, 5) is 0.219. The fourth-order valence-electron chi connectivity index (χ4n) is 1.64. The Morgan fingerprint density at radius 1 is 1.24 bits per heavy atom. The average molecular weight is 321 g/mol. The van der Waals surface area contributed by atoms with E-state index < -0.39 is 11.7 Å². The molecule has 1 aromatic carbocycles. The Balaban J connectivity index is 2.92. The van der Waals surface area contributed by atoms with E-state index >= 15 is 0 Å². The van der Waals surface area contributed by atoms with Crippen molar-refractivity contribution in [1.82, 2.24) is 5.32 Å². The normalized spacial score (nSPS) is 13.7. The Labute approximate surface area is 128 Å². The van der Waals surface area contributed by atoms with Gasteiger partial charge in [0.15, 0.2) is 0 Å². The van der Waals surface area contributed by atoms with Crippen LogP contribution >= 0.6 is 11.8 Å². The van der Waals surface area contributed by atoms with Crippen LogP contribution in [0.5, 0.6) is 0 Å². The third-order valence-electron chi connectivity index (χ3n) is 2.90. The van der Waals surface area contributed by atoms with Crippen LogP contribution < -0.4 is 5.32 Å². The predicted octanol–water partition coefficient (Wildman–Crippen LogP) is 3.92. The van der Waals surface area contributed by atoms with Crippen LogP contribution in [-0.2, 0) is 12.7 Å². The van der Waals surface area contributed by atoms with Crippen molar-refractivity contribution in [3.05, 3.63) is 29.3 Å². The second-order valence-corrected chi connectivity index (χ2v) is 6.52. The zero-order chi connectivity index (χ0) is 16.0. The summed E-state index contributed by atoms with van der Waals surface area (Å²) >= 11 is 1.14. The van der Waals surface area contributed by atoms with E-state index in [0.717, 1.165) is 11.8 Å². The summed E-state index contributed by atoms with van der Waals surface area (Å²) < 4.78 is 39.5. The van der Waals surface area contributed by atoms with E-state index in [2.05, 4.69) is 5.32 Å². The predicted molar refractivity (Wildman–Crippen MR) is 80.4 cm³/mol. The van der Waals surface area contributed by atoms with E-state index in [4.69, 9.17) is 5.11 Å². The molecular formula is C15H22F3NOS. The Kier molecular flexibility index (Phi) is 7.03. The summed E-state index contributed by atoms with van der Waals surface area (Å²) in [6.07, 6.45) is -4.36. The monoisotopic (exact) mass is 321 g/mol. The molecule has 1 aromatic rings. The van der Waals surface area contributed by atoms with Crippen molar-refractivity contribution in [3.63, 3.8) is 0 Å². The zero-order valence-electron chi connectivity index (χ0n) is 12.5. The lowest BCUT2D eigenvalue weighted by Crippen LogP contribution is -2.22. The second kappa shape index (κ2) is 8.06. The number of alkyl halides is 3. The Morgan fingerprint density at radius 3 is 2.43 bits per heavy atom. The Morgan fingerprint density at radius 2 is 1.90 bits per heavy atom. The fraction of sp³-hybridized carbons (Fsp3) is 0.600. The molecule has 120 valence electrons. The number of hydrogen-bond acceptors (Lipinski definition) is 3. The van der Waals surface area contributed by atoms with Gasteiger partial charge >= 0.3 is 6.18 Å². The first-order chi connectivity index (χ1) is 9.74. The molecule has 0 aromatic heterocycles. The number of rotatable bonds is 7. The first kappa shape index (κ1) is 18.3. The van der Waals surface area contributed by atoms with Crippen LogP contribution in [0.3, 0.4) is 0 Å². The molecule has 0 amide bonds.